The highest BCUT2D eigenvalue weighted by atomic mass is 32.2. The van der Waals surface area contributed by atoms with Crippen molar-refractivity contribution in [3.8, 4) is 23.0 Å². The molecule has 0 radical (unpaired) electrons. The predicted molar refractivity (Wildman–Crippen MR) is 542 cm³/mol. The number of ether oxygens (including phenoxy) is 4. The van der Waals surface area contributed by atoms with Crippen molar-refractivity contribution >= 4 is 81.1 Å². The molecule has 0 saturated carbocycles. The van der Waals surface area contributed by atoms with Gasteiger partial charge in [0.25, 0.3) is 0 Å². The highest BCUT2D eigenvalue weighted by Gasteiger charge is 2.30. The molecule has 0 aliphatic carbocycles. The summed E-state index contributed by atoms with van der Waals surface area (Å²) in [4.78, 5) is 95.1. The Morgan fingerprint density at radius 1 is 0.296 bits per heavy atom. The maximum atomic E-state index is 13.0. The van der Waals surface area contributed by atoms with Gasteiger partial charge in [0, 0.05) is 107 Å². The Bertz CT molecular complexity index is 5880. The van der Waals surface area contributed by atoms with Crippen molar-refractivity contribution in [3.05, 3.63) is 301 Å². The standard InChI is InChI=1S/C30H37N3O6S.C30H35N3O6S.C23H32N2O5S.C22H31N3O5S/c2*1-22(2)16-25(18-26(34)17-23-12-14-31-15-13-23)30(36)32-19-27(35)20-33-40(37,38)29-11-7-6-10-28(29)39-21-24-8-4-3-5-9-24;1-17(2)13-18(3)23(27)24-14-20(26)15-25-31(28,29)22-12-8-7-11-21(22)30-16-19-9-5-4-6-10-19;1-16(2)12-19(23)22(27)24-13-18(26)14-25-31(28,29)21-11-7-6-10-20(21)30-15-17-8-4-3-5-9-17/h3-15,22,25,27,33,35H,16-21H2,1-2H3,(H,32,36);3-15,22,25,33H,16-21H2,1-2H3,(H,32,36);4-12,17-18,20,25-26H,13-16H2,1-3H3,(H,24,27);3-11,16,18-19,25-26H,12-15,23H2,1-2H3,(H,24,27)/t25-,27?;25-;18-,20?;18?,19-/m1100/s1. The van der Waals surface area contributed by atoms with Gasteiger partial charge in [-0.05, 0) is 156 Å². The minimum Gasteiger partial charge on any atom is -0.487 e. The van der Waals surface area contributed by atoms with E-state index in [4.69, 9.17) is 24.7 Å². The van der Waals surface area contributed by atoms with Crippen LogP contribution in [0.25, 0.3) is 0 Å². The van der Waals surface area contributed by atoms with Gasteiger partial charge in [0.15, 0.2) is 5.78 Å². The second-order valence-electron chi connectivity index (χ2n) is 35.7. The van der Waals surface area contributed by atoms with Gasteiger partial charge in [-0.25, -0.2) is 52.6 Å². The molecule has 0 spiro atoms. The van der Waals surface area contributed by atoms with E-state index in [2.05, 4.69) is 50.1 Å². The van der Waals surface area contributed by atoms with Crippen LogP contribution < -0.4 is 64.8 Å². The van der Waals surface area contributed by atoms with Gasteiger partial charge in [0.05, 0.1) is 37.4 Å². The maximum Gasteiger partial charge on any atom is 0.244 e. The molecule has 0 saturated heterocycles. The number of nitrogens with two attached hydrogens (primary N) is 1. The second kappa shape index (κ2) is 60.8. The summed E-state index contributed by atoms with van der Waals surface area (Å²) in [5.41, 5.74) is 11.0. The summed E-state index contributed by atoms with van der Waals surface area (Å²) in [6, 6.07) is 69.0. The average Bonchev–Trinajstić information content (AvgIpc) is 0.830. The van der Waals surface area contributed by atoms with E-state index in [0.29, 0.717) is 25.2 Å². The zero-order valence-corrected chi connectivity index (χ0v) is 84.9. The van der Waals surface area contributed by atoms with Gasteiger partial charge in [-0.3, -0.25) is 43.5 Å². The summed E-state index contributed by atoms with van der Waals surface area (Å²) in [5.74, 6) is -1.48. The Morgan fingerprint density at radius 3 is 0.866 bits per heavy atom. The number of ketones is 3. The van der Waals surface area contributed by atoms with Crippen molar-refractivity contribution in [2.75, 3.05) is 52.4 Å². The molecule has 0 bridgehead atoms. The van der Waals surface area contributed by atoms with Crippen molar-refractivity contribution in [1.29, 1.82) is 0 Å². The summed E-state index contributed by atoms with van der Waals surface area (Å²) in [7, 11) is -15.9. The molecule has 10 aromatic rings. The van der Waals surface area contributed by atoms with Gasteiger partial charge in [0.2, 0.25) is 63.7 Å². The number of aromatic nitrogens is 2. The van der Waals surface area contributed by atoms with E-state index in [-0.39, 0.29) is 193 Å². The number of carbonyl (C=O) groups excluding carboxylic acids is 7. The first-order valence-electron chi connectivity index (χ1n) is 46.9. The first-order chi connectivity index (χ1) is 67.6. The number of sulfonamides is 4. The van der Waals surface area contributed by atoms with Crippen LogP contribution in [0.3, 0.4) is 0 Å². The minimum absolute atomic E-state index is 0.00674. The number of aliphatic hydroxyl groups excluding tert-OH is 3. The van der Waals surface area contributed by atoms with Crippen molar-refractivity contribution < 1.29 is 101 Å². The molecule has 13 N–H and O–H groups in total. The average molecular weight is 2030 g/mol. The molecule has 7 atom stereocenters. The topological polar surface area (TPSA) is 502 Å². The van der Waals surface area contributed by atoms with Crippen LogP contribution in [0.4, 0.5) is 0 Å². The number of hydrogen-bond donors (Lipinski definition) is 12. The van der Waals surface area contributed by atoms with Crippen molar-refractivity contribution in [1.82, 2.24) is 50.1 Å². The minimum atomic E-state index is -4.06. The number of pyridine rings is 2. The Kier molecular flexibility index (Phi) is 49.9. The number of amides is 4. The molecular formula is C105H135N11O22S4. The number of carbonyl (C=O) groups is 7. The Labute approximate surface area is 834 Å². The first kappa shape index (κ1) is 117. The molecule has 4 amide bonds. The molecule has 37 heteroatoms. The third-order valence-electron chi connectivity index (χ3n) is 21.3. The van der Waals surface area contributed by atoms with Crippen LogP contribution in [0.15, 0.2) is 287 Å². The zero-order chi connectivity index (χ0) is 104. The summed E-state index contributed by atoms with van der Waals surface area (Å²) in [6.07, 6.45) is 5.91. The fourth-order valence-electron chi connectivity index (χ4n) is 14.2. The van der Waals surface area contributed by atoms with Crippen LogP contribution in [-0.2, 0) is 113 Å². The lowest BCUT2D eigenvalue weighted by Gasteiger charge is -2.20. The fourth-order valence-corrected chi connectivity index (χ4v) is 19.0. The molecule has 766 valence electrons. The summed E-state index contributed by atoms with van der Waals surface area (Å²) < 4.78 is 135. The number of rotatable bonds is 56. The molecule has 8 aromatic carbocycles. The zero-order valence-electron chi connectivity index (χ0n) is 81.6. The molecule has 2 aromatic heterocycles. The number of nitrogens with zero attached hydrogens (tertiary/aromatic N) is 2. The predicted octanol–water partition coefficient (Wildman–Crippen LogP) is 10.9. The van der Waals surface area contributed by atoms with Crippen LogP contribution in [0, 0.1) is 41.4 Å². The van der Waals surface area contributed by atoms with E-state index >= 15 is 0 Å². The molecule has 0 fully saturated rings. The molecule has 142 heavy (non-hydrogen) atoms. The van der Waals surface area contributed by atoms with E-state index in [1.165, 1.54) is 24.3 Å². The molecule has 0 aliphatic heterocycles. The molecule has 3 unspecified atom stereocenters. The molecule has 33 nitrogen and oxygen atoms in total. The number of para-hydroxylation sites is 4. The molecule has 10 rings (SSSR count). The second-order valence-corrected chi connectivity index (χ2v) is 42.6. The summed E-state index contributed by atoms with van der Waals surface area (Å²) >= 11 is 0. The Morgan fingerprint density at radius 2 is 0.563 bits per heavy atom. The Balaban J connectivity index is 0.000000259. The monoisotopic (exact) mass is 2030 g/mol. The lowest BCUT2D eigenvalue weighted by molar-refractivity contribution is -0.131. The van der Waals surface area contributed by atoms with Gasteiger partial charge >= 0.3 is 0 Å². The van der Waals surface area contributed by atoms with Crippen LogP contribution in [0.5, 0.6) is 23.0 Å². The van der Waals surface area contributed by atoms with Crippen molar-refractivity contribution in [2.45, 2.75) is 184 Å². The third-order valence-corrected chi connectivity index (χ3v) is 27.2. The van der Waals surface area contributed by atoms with E-state index < -0.39 is 94.5 Å². The van der Waals surface area contributed by atoms with Crippen LogP contribution >= 0.6 is 0 Å². The third kappa shape index (κ3) is 44.0. The lowest BCUT2D eigenvalue weighted by Crippen LogP contribution is -2.46. The number of nitrogens with one attached hydrogen (secondary N) is 8. The first-order valence-corrected chi connectivity index (χ1v) is 52.8. The van der Waals surface area contributed by atoms with E-state index in [9.17, 15) is 82.6 Å². The normalized spacial score (nSPS) is 13.0. The van der Waals surface area contributed by atoms with Crippen LogP contribution in [0.1, 0.15) is 134 Å². The largest absolute Gasteiger partial charge is 0.487 e. The van der Waals surface area contributed by atoms with Gasteiger partial charge in [-0.1, -0.05) is 232 Å². The highest BCUT2D eigenvalue weighted by Crippen LogP contribution is 2.30. The van der Waals surface area contributed by atoms with Crippen molar-refractivity contribution in [2.24, 2.45) is 47.2 Å². The molecular weight excluding hydrogens is 1900 g/mol. The van der Waals surface area contributed by atoms with Gasteiger partial charge in [0.1, 0.15) is 80.6 Å². The maximum absolute atomic E-state index is 13.0. The molecule has 2 heterocycles. The van der Waals surface area contributed by atoms with E-state index in [0.717, 1.165) is 39.8 Å². The number of aliphatic hydroxyl groups is 3. The SMILES string of the molecule is CC(C)C[C@H](C)C(=O)NCC(O)CNS(=O)(=O)c1ccccc1OCc1ccccc1.CC(C)C[C@H](CC(=O)Cc1ccncc1)C(=O)NCC(=O)CNS(=O)(=O)c1ccccc1OCc1ccccc1.CC(C)C[C@H](CC(=O)Cc1ccncc1)C(=O)NCC(O)CNS(=O)(=O)c1ccccc1OCc1ccccc1.CC(C)C[C@H](N)C(=O)NCC(O)CNS(=O)(=O)c1ccccc1OCc1ccccc1. The van der Waals surface area contributed by atoms with Crippen molar-refractivity contribution in [3.63, 3.8) is 0 Å². The highest BCUT2D eigenvalue weighted by molar-refractivity contribution is 7.90. The van der Waals surface area contributed by atoms with E-state index in [1.807, 2.05) is 184 Å². The lowest BCUT2D eigenvalue weighted by atomic mass is 9.90. The number of Topliss-reactive ketones (excluding diaryl/α,β-unsaturated/α-hetero) is 3. The summed E-state index contributed by atoms with van der Waals surface area (Å²) in [6.45, 7) is 16.5. The van der Waals surface area contributed by atoms with Gasteiger partial charge in [-0.15, -0.1) is 0 Å². The van der Waals surface area contributed by atoms with E-state index in [1.54, 1.807) is 122 Å². The van der Waals surface area contributed by atoms with Gasteiger partial charge < -0.3 is 61.3 Å². The van der Waals surface area contributed by atoms with Crippen LogP contribution in [0.2, 0.25) is 0 Å². The molecule has 0 aliphatic rings. The number of benzene rings is 8. The number of hydrogen-bond acceptors (Lipinski definition) is 25. The van der Waals surface area contributed by atoms with Gasteiger partial charge in [-0.2, -0.15) is 0 Å². The fraction of sp³-hybridized carbons (Fsp3) is 0.381. The summed E-state index contributed by atoms with van der Waals surface area (Å²) in [5, 5.41) is 41.1. The van der Waals surface area contributed by atoms with Crippen LogP contribution in [-0.4, -0.2) is 177 Å². The smallest absolute Gasteiger partial charge is 0.244 e. The Hall–Kier alpha value is -12.4. The quantitative estimate of drug-likeness (QED) is 0.0168.